The fourth-order valence-corrected chi connectivity index (χ4v) is 3.01. The monoisotopic (exact) mass is 376 g/mol. The zero-order valence-corrected chi connectivity index (χ0v) is 16.6. The van der Waals surface area contributed by atoms with Crippen LogP contribution in [0.15, 0.2) is 35.5 Å². The van der Waals surface area contributed by atoms with Crippen molar-refractivity contribution in [1.82, 2.24) is 15.6 Å². The number of nitrogens with zero attached hydrogens (tertiary/aromatic N) is 2. The van der Waals surface area contributed by atoms with E-state index >= 15 is 0 Å². The van der Waals surface area contributed by atoms with Crippen LogP contribution >= 0.6 is 11.3 Å². The van der Waals surface area contributed by atoms with E-state index in [1.54, 1.807) is 18.4 Å². The molecule has 0 radical (unpaired) electrons. The predicted molar refractivity (Wildman–Crippen MR) is 107 cm³/mol. The first kappa shape index (κ1) is 20.2. The van der Waals surface area contributed by atoms with Crippen molar-refractivity contribution in [2.45, 2.75) is 33.4 Å². The highest BCUT2D eigenvalue weighted by molar-refractivity contribution is 7.11. The Balaban J connectivity index is 1.89. The van der Waals surface area contributed by atoms with Crippen molar-refractivity contribution in [2.24, 2.45) is 4.99 Å². The summed E-state index contributed by atoms with van der Waals surface area (Å²) in [5.41, 5.74) is 1.11. The lowest BCUT2D eigenvalue weighted by Crippen LogP contribution is -2.36. The molecule has 0 aliphatic heterocycles. The molecule has 2 N–H and O–H groups in total. The van der Waals surface area contributed by atoms with Crippen LogP contribution in [0, 0.1) is 6.92 Å². The number of thiazole rings is 1. The molecule has 0 saturated heterocycles. The third-order valence-electron chi connectivity index (χ3n) is 3.50. The molecule has 0 unspecified atom stereocenters. The summed E-state index contributed by atoms with van der Waals surface area (Å²) < 4.78 is 10.8. The smallest absolute Gasteiger partial charge is 0.191 e. The topological polar surface area (TPSA) is 67.8 Å². The average Bonchev–Trinajstić information content (AvgIpc) is 3.07. The minimum absolute atomic E-state index is 0.585. The van der Waals surface area contributed by atoms with Gasteiger partial charge in [0.2, 0.25) is 0 Å². The van der Waals surface area contributed by atoms with Gasteiger partial charge in [-0.05, 0) is 31.5 Å². The van der Waals surface area contributed by atoms with Crippen molar-refractivity contribution < 1.29 is 9.47 Å². The quantitative estimate of drug-likeness (QED) is 0.379. The standard InChI is InChI=1S/C19H28N4O2S/c1-4-20-19(23-14-18-21-12-15(2)26-18)22-13-16-7-5-8-17(11-16)25-10-6-9-24-3/h5,7-8,11-12H,4,6,9-10,13-14H2,1-3H3,(H2,20,22,23). The Morgan fingerprint density at radius 3 is 2.88 bits per heavy atom. The Kier molecular flexibility index (Phi) is 8.92. The molecular weight excluding hydrogens is 348 g/mol. The van der Waals surface area contributed by atoms with Crippen molar-refractivity contribution in [3.05, 3.63) is 45.9 Å². The molecule has 2 rings (SSSR count). The molecule has 0 aliphatic carbocycles. The number of nitrogens with one attached hydrogen (secondary N) is 2. The third kappa shape index (κ3) is 7.41. The SMILES string of the molecule is CCNC(=NCc1cccc(OCCCOC)c1)NCc1ncc(C)s1. The van der Waals surface area contributed by atoms with Crippen LogP contribution in [0.5, 0.6) is 5.75 Å². The second-order valence-corrected chi connectivity index (χ2v) is 7.07. The van der Waals surface area contributed by atoms with Crippen LogP contribution in [0.1, 0.15) is 28.8 Å². The van der Waals surface area contributed by atoms with Crippen LogP contribution in [0.4, 0.5) is 0 Å². The highest BCUT2D eigenvalue weighted by Gasteiger charge is 2.02. The number of hydrogen-bond donors (Lipinski definition) is 2. The molecule has 7 heteroatoms. The van der Waals surface area contributed by atoms with Crippen molar-refractivity contribution in [2.75, 3.05) is 26.9 Å². The Labute approximate surface area is 159 Å². The molecule has 142 valence electrons. The second kappa shape index (κ2) is 11.5. The van der Waals surface area contributed by atoms with Gasteiger partial charge in [-0.25, -0.2) is 9.98 Å². The number of guanidine groups is 1. The molecule has 0 amide bonds. The zero-order chi connectivity index (χ0) is 18.6. The molecule has 0 spiro atoms. The first-order chi connectivity index (χ1) is 12.7. The maximum atomic E-state index is 5.74. The summed E-state index contributed by atoms with van der Waals surface area (Å²) in [5.74, 6) is 1.65. The summed E-state index contributed by atoms with van der Waals surface area (Å²) in [6.45, 7) is 7.54. The van der Waals surface area contributed by atoms with Crippen LogP contribution in [-0.2, 0) is 17.8 Å². The maximum Gasteiger partial charge on any atom is 0.191 e. The molecule has 1 aromatic heterocycles. The molecule has 0 fully saturated rings. The van der Waals surface area contributed by atoms with Gasteiger partial charge in [0.15, 0.2) is 5.96 Å². The van der Waals surface area contributed by atoms with Crippen molar-refractivity contribution in [3.8, 4) is 5.75 Å². The number of aliphatic imine (C=N–C) groups is 1. The summed E-state index contributed by atoms with van der Waals surface area (Å²) in [6.07, 6.45) is 2.77. The minimum Gasteiger partial charge on any atom is -0.493 e. The van der Waals surface area contributed by atoms with E-state index in [4.69, 9.17) is 9.47 Å². The van der Waals surface area contributed by atoms with Gasteiger partial charge in [-0.2, -0.15) is 0 Å². The molecule has 0 aliphatic rings. The molecule has 0 saturated carbocycles. The number of ether oxygens (including phenoxy) is 2. The van der Waals surface area contributed by atoms with Gasteiger partial charge >= 0.3 is 0 Å². The Morgan fingerprint density at radius 2 is 2.15 bits per heavy atom. The van der Waals surface area contributed by atoms with Gasteiger partial charge in [0.1, 0.15) is 10.8 Å². The van der Waals surface area contributed by atoms with Crippen LogP contribution < -0.4 is 15.4 Å². The van der Waals surface area contributed by atoms with E-state index in [-0.39, 0.29) is 0 Å². The number of aromatic nitrogens is 1. The van der Waals surface area contributed by atoms with E-state index in [1.165, 1.54) is 4.88 Å². The Bertz CT molecular complexity index is 688. The van der Waals surface area contributed by atoms with Crippen LogP contribution in [-0.4, -0.2) is 37.8 Å². The summed E-state index contributed by atoms with van der Waals surface area (Å²) in [4.78, 5) is 10.2. The fraction of sp³-hybridized carbons (Fsp3) is 0.474. The largest absolute Gasteiger partial charge is 0.493 e. The highest BCUT2D eigenvalue weighted by Crippen LogP contribution is 2.14. The maximum absolute atomic E-state index is 5.74. The average molecular weight is 377 g/mol. The normalized spacial score (nSPS) is 11.4. The third-order valence-corrected chi connectivity index (χ3v) is 4.41. The van der Waals surface area contributed by atoms with Gasteiger partial charge in [0, 0.05) is 37.8 Å². The van der Waals surface area contributed by atoms with Gasteiger partial charge in [0.05, 0.1) is 19.7 Å². The van der Waals surface area contributed by atoms with E-state index in [9.17, 15) is 0 Å². The van der Waals surface area contributed by atoms with Gasteiger partial charge < -0.3 is 20.1 Å². The lowest BCUT2D eigenvalue weighted by molar-refractivity contribution is 0.172. The fourth-order valence-electron chi connectivity index (χ4n) is 2.28. The van der Waals surface area contributed by atoms with E-state index in [2.05, 4.69) is 40.5 Å². The van der Waals surface area contributed by atoms with E-state index < -0.39 is 0 Å². The van der Waals surface area contributed by atoms with Gasteiger partial charge in [-0.3, -0.25) is 0 Å². The predicted octanol–water partition coefficient (Wildman–Crippen LogP) is 3.12. The summed E-state index contributed by atoms with van der Waals surface area (Å²) in [7, 11) is 1.70. The highest BCUT2D eigenvalue weighted by atomic mass is 32.1. The lowest BCUT2D eigenvalue weighted by atomic mass is 10.2. The van der Waals surface area contributed by atoms with Crippen LogP contribution in [0.2, 0.25) is 0 Å². The molecule has 2 aromatic rings. The van der Waals surface area contributed by atoms with E-state index in [1.807, 2.05) is 24.4 Å². The number of hydrogen-bond acceptors (Lipinski definition) is 5. The number of benzene rings is 1. The zero-order valence-electron chi connectivity index (χ0n) is 15.7. The second-order valence-electron chi connectivity index (χ2n) is 5.76. The Hall–Kier alpha value is -2.12. The molecular formula is C19H28N4O2S. The van der Waals surface area contributed by atoms with Crippen molar-refractivity contribution >= 4 is 17.3 Å². The number of methoxy groups -OCH3 is 1. The first-order valence-electron chi connectivity index (χ1n) is 8.85. The minimum atomic E-state index is 0.585. The molecule has 26 heavy (non-hydrogen) atoms. The molecule has 6 nitrogen and oxygen atoms in total. The van der Waals surface area contributed by atoms with Crippen molar-refractivity contribution in [1.29, 1.82) is 0 Å². The molecule has 0 atom stereocenters. The van der Waals surface area contributed by atoms with E-state index in [0.717, 1.165) is 35.2 Å². The van der Waals surface area contributed by atoms with E-state index in [0.29, 0.717) is 26.3 Å². The first-order valence-corrected chi connectivity index (χ1v) is 9.67. The molecule has 1 aromatic carbocycles. The van der Waals surface area contributed by atoms with Gasteiger partial charge in [-0.15, -0.1) is 11.3 Å². The van der Waals surface area contributed by atoms with Gasteiger partial charge in [-0.1, -0.05) is 12.1 Å². The number of rotatable bonds is 10. The molecule has 0 bridgehead atoms. The number of aryl methyl sites for hydroxylation is 1. The molecule has 1 heterocycles. The lowest BCUT2D eigenvalue weighted by Gasteiger charge is -2.11. The van der Waals surface area contributed by atoms with Crippen LogP contribution in [0.25, 0.3) is 0 Å². The summed E-state index contributed by atoms with van der Waals surface area (Å²) in [5, 5.41) is 7.64. The van der Waals surface area contributed by atoms with Crippen molar-refractivity contribution in [3.63, 3.8) is 0 Å². The summed E-state index contributed by atoms with van der Waals surface area (Å²) in [6, 6.07) is 8.05. The van der Waals surface area contributed by atoms with Gasteiger partial charge in [0.25, 0.3) is 0 Å². The summed E-state index contributed by atoms with van der Waals surface area (Å²) >= 11 is 1.69. The Morgan fingerprint density at radius 1 is 1.27 bits per heavy atom. The van der Waals surface area contributed by atoms with Crippen LogP contribution in [0.3, 0.4) is 0 Å².